The van der Waals surface area contributed by atoms with Gasteiger partial charge < -0.3 is 19.7 Å². The lowest BCUT2D eigenvalue weighted by Gasteiger charge is -2.27. The van der Waals surface area contributed by atoms with E-state index >= 15 is 0 Å². The molecule has 1 aliphatic rings. The SMILES string of the molecule is OCCCc1cc(-c2cncc(OC[C@@H]3CCN3)c2)on1. The Labute approximate surface area is 123 Å². The van der Waals surface area contributed by atoms with E-state index in [2.05, 4.69) is 15.5 Å². The van der Waals surface area contributed by atoms with Crippen LogP contribution in [0.4, 0.5) is 0 Å². The van der Waals surface area contributed by atoms with Crippen molar-refractivity contribution in [2.45, 2.75) is 25.3 Å². The summed E-state index contributed by atoms with van der Waals surface area (Å²) in [7, 11) is 0. The summed E-state index contributed by atoms with van der Waals surface area (Å²) in [5, 5.41) is 16.1. The molecule has 0 spiro atoms. The van der Waals surface area contributed by atoms with Crippen LogP contribution in [0, 0.1) is 0 Å². The quantitative estimate of drug-likeness (QED) is 0.802. The van der Waals surface area contributed by atoms with Gasteiger partial charge in [0.2, 0.25) is 0 Å². The van der Waals surface area contributed by atoms with Crippen LogP contribution in [0.15, 0.2) is 29.0 Å². The van der Waals surface area contributed by atoms with Gasteiger partial charge in [0.1, 0.15) is 12.4 Å². The predicted molar refractivity (Wildman–Crippen MR) is 77.0 cm³/mol. The van der Waals surface area contributed by atoms with Gasteiger partial charge in [0, 0.05) is 30.5 Å². The van der Waals surface area contributed by atoms with Gasteiger partial charge in [-0.3, -0.25) is 4.98 Å². The van der Waals surface area contributed by atoms with Gasteiger partial charge in [0.25, 0.3) is 0 Å². The molecule has 112 valence electrons. The summed E-state index contributed by atoms with van der Waals surface area (Å²) in [5.74, 6) is 1.40. The molecular formula is C15H19N3O3. The highest BCUT2D eigenvalue weighted by Crippen LogP contribution is 2.24. The summed E-state index contributed by atoms with van der Waals surface area (Å²) in [5.41, 5.74) is 1.68. The average Bonchev–Trinajstić information content (AvgIpc) is 2.93. The first kappa shape index (κ1) is 14.0. The monoisotopic (exact) mass is 289 g/mol. The molecular weight excluding hydrogens is 270 g/mol. The molecule has 3 heterocycles. The van der Waals surface area contributed by atoms with Gasteiger partial charge in [-0.15, -0.1) is 0 Å². The number of ether oxygens (including phenoxy) is 1. The lowest BCUT2D eigenvalue weighted by molar-refractivity contribution is 0.217. The maximum absolute atomic E-state index is 8.83. The fraction of sp³-hybridized carbons (Fsp3) is 0.467. The molecule has 0 aliphatic carbocycles. The lowest BCUT2D eigenvalue weighted by Crippen LogP contribution is -2.46. The number of hydrogen-bond acceptors (Lipinski definition) is 6. The van der Waals surface area contributed by atoms with Gasteiger partial charge in [-0.1, -0.05) is 5.16 Å². The molecule has 1 atom stereocenters. The minimum Gasteiger partial charge on any atom is -0.490 e. The van der Waals surface area contributed by atoms with E-state index in [4.69, 9.17) is 14.4 Å². The largest absolute Gasteiger partial charge is 0.490 e. The Hall–Kier alpha value is -1.92. The van der Waals surface area contributed by atoms with Crippen LogP contribution in [0.2, 0.25) is 0 Å². The highest BCUT2D eigenvalue weighted by atomic mass is 16.5. The maximum Gasteiger partial charge on any atom is 0.168 e. The molecule has 2 aromatic rings. The summed E-state index contributed by atoms with van der Waals surface area (Å²) in [6.45, 7) is 1.88. The zero-order chi connectivity index (χ0) is 14.5. The molecule has 0 aromatic carbocycles. The third-order valence-corrected chi connectivity index (χ3v) is 3.52. The number of hydrogen-bond donors (Lipinski definition) is 2. The number of aliphatic hydroxyl groups excluding tert-OH is 1. The highest BCUT2D eigenvalue weighted by Gasteiger charge is 2.17. The van der Waals surface area contributed by atoms with Crippen LogP contribution in [0.25, 0.3) is 11.3 Å². The molecule has 1 aliphatic heterocycles. The fourth-order valence-corrected chi connectivity index (χ4v) is 2.15. The van der Waals surface area contributed by atoms with Crippen molar-refractivity contribution in [3.8, 4) is 17.1 Å². The van der Waals surface area contributed by atoms with Crippen molar-refractivity contribution in [2.75, 3.05) is 19.8 Å². The second-order valence-corrected chi connectivity index (χ2v) is 5.17. The Kier molecular flexibility index (Phi) is 4.47. The van der Waals surface area contributed by atoms with E-state index in [0.29, 0.717) is 31.3 Å². The average molecular weight is 289 g/mol. The summed E-state index contributed by atoms with van der Waals surface area (Å²) in [4.78, 5) is 4.18. The molecule has 0 saturated carbocycles. The lowest BCUT2D eigenvalue weighted by atomic mass is 10.1. The minimum absolute atomic E-state index is 0.155. The molecule has 2 aromatic heterocycles. The second kappa shape index (κ2) is 6.69. The zero-order valence-corrected chi connectivity index (χ0v) is 11.8. The van der Waals surface area contributed by atoms with Crippen molar-refractivity contribution in [1.82, 2.24) is 15.5 Å². The van der Waals surface area contributed by atoms with Gasteiger partial charge in [-0.2, -0.15) is 0 Å². The Morgan fingerprint density at radius 2 is 2.29 bits per heavy atom. The van der Waals surface area contributed by atoms with Crippen LogP contribution >= 0.6 is 0 Å². The number of nitrogens with zero attached hydrogens (tertiary/aromatic N) is 2. The predicted octanol–water partition coefficient (Wildman–Crippen LogP) is 1.40. The molecule has 1 saturated heterocycles. The summed E-state index contributed by atoms with van der Waals surface area (Å²) in [6.07, 6.45) is 5.97. The van der Waals surface area contributed by atoms with E-state index in [9.17, 15) is 0 Å². The Morgan fingerprint density at radius 1 is 1.38 bits per heavy atom. The molecule has 0 amide bonds. The number of pyridine rings is 1. The van der Waals surface area contributed by atoms with E-state index in [1.54, 1.807) is 12.4 Å². The second-order valence-electron chi connectivity index (χ2n) is 5.17. The van der Waals surface area contributed by atoms with E-state index in [1.807, 2.05) is 12.1 Å². The van der Waals surface area contributed by atoms with Crippen LogP contribution in [-0.2, 0) is 6.42 Å². The normalized spacial score (nSPS) is 17.5. The van der Waals surface area contributed by atoms with Gasteiger partial charge in [-0.05, 0) is 31.9 Å². The van der Waals surface area contributed by atoms with Gasteiger partial charge in [-0.25, -0.2) is 0 Å². The molecule has 0 radical (unpaired) electrons. The fourth-order valence-electron chi connectivity index (χ4n) is 2.15. The van der Waals surface area contributed by atoms with Crippen molar-refractivity contribution in [1.29, 1.82) is 0 Å². The van der Waals surface area contributed by atoms with Crippen molar-refractivity contribution in [3.05, 3.63) is 30.2 Å². The number of aliphatic hydroxyl groups is 1. The Morgan fingerprint density at radius 3 is 3.05 bits per heavy atom. The van der Waals surface area contributed by atoms with Crippen LogP contribution in [-0.4, -0.2) is 41.0 Å². The number of rotatable bonds is 7. The molecule has 6 nitrogen and oxygen atoms in total. The summed E-state index contributed by atoms with van der Waals surface area (Å²) in [6, 6.07) is 4.23. The summed E-state index contributed by atoms with van der Waals surface area (Å²) < 4.78 is 11.0. The molecule has 0 bridgehead atoms. The smallest absolute Gasteiger partial charge is 0.168 e. The Balaban J connectivity index is 1.65. The number of aromatic nitrogens is 2. The molecule has 1 fully saturated rings. The molecule has 2 N–H and O–H groups in total. The third kappa shape index (κ3) is 3.59. The number of nitrogens with one attached hydrogen (secondary N) is 1. The van der Waals surface area contributed by atoms with Crippen LogP contribution in [0.3, 0.4) is 0 Å². The first-order valence-corrected chi connectivity index (χ1v) is 7.23. The third-order valence-electron chi connectivity index (χ3n) is 3.52. The van der Waals surface area contributed by atoms with Crippen molar-refractivity contribution >= 4 is 0 Å². The van der Waals surface area contributed by atoms with Crippen molar-refractivity contribution in [2.24, 2.45) is 0 Å². The van der Waals surface area contributed by atoms with Crippen LogP contribution in [0.5, 0.6) is 5.75 Å². The van der Waals surface area contributed by atoms with E-state index in [0.717, 1.165) is 30.0 Å². The van der Waals surface area contributed by atoms with Gasteiger partial charge in [0.05, 0.1) is 11.9 Å². The molecule has 21 heavy (non-hydrogen) atoms. The van der Waals surface area contributed by atoms with E-state index in [1.165, 1.54) is 0 Å². The van der Waals surface area contributed by atoms with Crippen LogP contribution < -0.4 is 10.1 Å². The van der Waals surface area contributed by atoms with Gasteiger partial charge in [0.15, 0.2) is 5.76 Å². The molecule has 6 heteroatoms. The highest BCUT2D eigenvalue weighted by molar-refractivity contribution is 5.57. The zero-order valence-electron chi connectivity index (χ0n) is 11.8. The van der Waals surface area contributed by atoms with E-state index < -0.39 is 0 Å². The first-order chi connectivity index (χ1) is 10.3. The van der Waals surface area contributed by atoms with Crippen molar-refractivity contribution < 1.29 is 14.4 Å². The maximum atomic E-state index is 8.83. The minimum atomic E-state index is 0.155. The summed E-state index contributed by atoms with van der Waals surface area (Å²) >= 11 is 0. The molecule has 3 rings (SSSR count). The Bertz CT molecular complexity index is 581. The first-order valence-electron chi connectivity index (χ1n) is 7.23. The van der Waals surface area contributed by atoms with E-state index in [-0.39, 0.29) is 6.61 Å². The topological polar surface area (TPSA) is 80.4 Å². The van der Waals surface area contributed by atoms with Gasteiger partial charge >= 0.3 is 0 Å². The molecule has 0 unspecified atom stereocenters. The van der Waals surface area contributed by atoms with Crippen LogP contribution in [0.1, 0.15) is 18.5 Å². The van der Waals surface area contributed by atoms with Crippen molar-refractivity contribution in [3.63, 3.8) is 0 Å². The number of aryl methyl sites for hydroxylation is 1. The standard InChI is InChI=1S/C15H19N3O3/c19-5-1-2-12-7-15(21-18-12)11-6-14(9-16-8-11)20-10-13-3-4-17-13/h6-9,13,17,19H,1-5,10H2/t13-/m0/s1.